The molecule has 12 nitrogen and oxygen atoms in total. The van der Waals surface area contributed by atoms with Crippen LogP contribution in [0.15, 0.2) is 58.5 Å². The van der Waals surface area contributed by atoms with Gasteiger partial charge in [0.15, 0.2) is 6.10 Å². The molecule has 2 rings (SSSR count). The summed E-state index contributed by atoms with van der Waals surface area (Å²) in [6.45, 7) is 8.09. The average Bonchev–Trinajstić information content (AvgIpc) is 2.95. The minimum absolute atomic E-state index is 0.114. The van der Waals surface area contributed by atoms with Gasteiger partial charge in [-0.3, -0.25) is 14.4 Å². The number of primary amides is 1. The molecule has 1 heterocycles. The Labute approximate surface area is 260 Å². The summed E-state index contributed by atoms with van der Waals surface area (Å²) >= 11 is 0. The van der Waals surface area contributed by atoms with Crippen LogP contribution in [0, 0.1) is 11.8 Å². The van der Waals surface area contributed by atoms with Crippen LogP contribution >= 0.6 is 0 Å². The SMILES string of the molecule is CO[C@H]1C=CC=C(C)C(=O)NC2=CC(=O)C(NCCN(C)C)=C(C[C@@H](C)C[C@H](OC)[C@H](O)[C@@H](C)/C=C(\C)[C@@H]1OC(N)=O)C2=O. The van der Waals surface area contributed by atoms with Gasteiger partial charge in [-0.15, -0.1) is 0 Å². The quantitative estimate of drug-likeness (QED) is 0.245. The molecule has 0 saturated carbocycles. The van der Waals surface area contributed by atoms with Gasteiger partial charge in [0.2, 0.25) is 11.6 Å². The van der Waals surface area contributed by atoms with Crippen LogP contribution in [0.5, 0.6) is 0 Å². The van der Waals surface area contributed by atoms with Gasteiger partial charge >= 0.3 is 6.09 Å². The molecule has 2 amide bonds. The first-order valence-corrected chi connectivity index (χ1v) is 14.7. The standard InChI is InChI=1S/C32H48N4O8/c1-18-14-22-27(34-12-13-36(5)6)24(37)17-23(29(22)39)35-31(40)19(2)10-9-11-25(42-7)30(44-32(33)41)21(4)16-20(3)28(38)26(15-18)43-8/h9-11,16-18,20,25-26,28,30,34,38H,12-15H2,1-8H3,(H2,33,41)(H,35,40)/b11-9?,19-10?,21-16+/t18-,20+,25+,26+,28-,30+/m1/s1. The number of rotatable bonds is 7. The van der Waals surface area contributed by atoms with E-state index >= 15 is 0 Å². The zero-order chi connectivity index (χ0) is 33.1. The Kier molecular flexibility index (Phi) is 14.2. The highest BCUT2D eigenvalue weighted by atomic mass is 16.6. The van der Waals surface area contributed by atoms with Crippen LogP contribution in [0.25, 0.3) is 0 Å². The van der Waals surface area contributed by atoms with Crippen molar-refractivity contribution >= 4 is 23.6 Å². The number of nitrogens with two attached hydrogens (primary N) is 1. The van der Waals surface area contributed by atoms with Gasteiger partial charge in [0, 0.05) is 50.4 Å². The molecule has 12 heteroatoms. The van der Waals surface area contributed by atoms with Crippen molar-refractivity contribution < 1.29 is 38.5 Å². The molecule has 44 heavy (non-hydrogen) atoms. The Morgan fingerprint density at radius 2 is 1.84 bits per heavy atom. The van der Waals surface area contributed by atoms with Gasteiger partial charge in [0.1, 0.15) is 6.10 Å². The number of hydrogen-bond donors (Lipinski definition) is 4. The van der Waals surface area contributed by atoms with E-state index in [4.69, 9.17) is 19.9 Å². The number of ether oxygens (including phenoxy) is 3. The molecule has 0 unspecified atom stereocenters. The topological polar surface area (TPSA) is 170 Å². The first-order valence-electron chi connectivity index (χ1n) is 14.7. The smallest absolute Gasteiger partial charge is 0.405 e. The number of likely N-dealkylation sites (N-methyl/N-ethyl adjacent to an activating group) is 1. The summed E-state index contributed by atoms with van der Waals surface area (Å²) in [7, 11) is 6.74. The number of carbonyl (C=O) groups excluding carboxylic acids is 4. The normalized spacial score (nSPS) is 29.0. The van der Waals surface area contributed by atoms with Gasteiger partial charge in [-0.25, -0.2) is 4.79 Å². The van der Waals surface area contributed by atoms with E-state index in [0.717, 1.165) is 6.08 Å². The van der Waals surface area contributed by atoms with Crippen molar-refractivity contribution in [2.45, 2.75) is 65.0 Å². The van der Waals surface area contributed by atoms with Crippen LogP contribution in [0.4, 0.5) is 4.79 Å². The molecule has 0 aromatic carbocycles. The van der Waals surface area contributed by atoms with Crippen LogP contribution < -0.4 is 16.4 Å². The fourth-order valence-electron chi connectivity index (χ4n) is 5.18. The maximum Gasteiger partial charge on any atom is 0.405 e. The zero-order valence-electron chi connectivity index (χ0n) is 27.0. The summed E-state index contributed by atoms with van der Waals surface area (Å²) in [5.74, 6) is -2.06. The summed E-state index contributed by atoms with van der Waals surface area (Å²) in [4.78, 5) is 53.7. The molecular formula is C32H48N4O8. The molecule has 0 fully saturated rings. The van der Waals surface area contributed by atoms with Gasteiger partial charge in [0.05, 0.1) is 23.6 Å². The summed E-state index contributed by atoms with van der Waals surface area (Å²) in [6, 6.07) is 0. The molecule has 5 N–H and O–H groups in total. The highest BCUT2D eigenvalue weighted by Crippen LogP contribution is 2.28. The van der Waals surface area contributed by atoms with E-state index in [1.54, 1.807) is 32.1 Å². The van der Waals surface area contributed by atoms with E-state index in [-0.39, 0.29) is 34.9 Å². The Balaban J connectivity index is 2.60. The van der Waals surface area contributed by atoms with Gasteiger partial charge < -0.3 is 40.6 Å². The lowest BCUT2D eigenvalue weighted by Gasteiger charge is -2.30. The highest BCUT2D eigenvalue weighted by Gasteiger charge is 2.33. The van der Waals surface area contributed by atoms with Gasteiger partial charge in [-0.1, -0.05) is 38.2 Å². The van der Waals surface area contributed by atoms with Crippen molar-refractivity contribution in [2.24, 2.45) is 17.6 Å². The molecule has 6 atom stereocenters. The van der Waals surface area contributed by atoms with E-state index in [9.17, 15) is 24.3 Å². The van der Waals surface area contributed by atoms with E-state index in [1.807, 2.05) is 32.8 Å². The summed E-state index contributed by atoms with van der Waals surface area (Å²) < 4.78 is 16.6. The minimum atomic E-state index is -0.997. The van der Waals surface area contributed by atoms with E-state index in [0.29, 0.717) is 25.1 Å². The number of nitrogens with one attached hydrogen (secondary N) is 2. The molecule has 1 aliphatic heterocycles. The number of aliphatic hydroxyl groups is 1. The number of methoxy groups -OCH3 is 2. The lowest BCUT2D eigenvalue weighted by molar-refractivity contribution is -0.120. The third-order valence-electron chi connectivity index (χ3n) is 7.65. The summed E-state index contributed by atoms with van der Waals surface area (Å²) in [5, 5.41) is 17.0. The van der Waals surface area contributed by atoms with Crippen LogP contribution in [-0.4, -0.2) is 99.4 Å². The number of Topliss-reactive ketones (excluding diaryl/α,β-unsaturated/α-hetero) is 1. The maximum absolute atomic E-state index is 13.7. The van der Waals surface area contributed by atoms with Crippen molar-refractivity contribution in [1.82, 2.24) is 15.5 Å². The fraction of sp³-hybridized carbons (Fsp3) is 0.562. The predicted molar refractivity (Wildman–Crippen MR) is 166 cm³/mol. The van der Waals surface area contributed by atoms with Gasteiger partial charge in [0.25, 0.3) is 5.91 Å². The van der Waals surface area contributed by atoms with Crippen LogP contribution in [0.1, 0.15) is 40.5 Å². The molecule has 0 spiro atoms. The number of aliphatic hydroxyl groups excluding tert-OH is 1. The Morgan fingerprint density at radius 3 is 2.43 bits per heavy atom. The molecule has 0 aromatic heterocycles. The molecule has 0 saturated heterocycles. The molecule has 0 radical (unpaired) electrons. The Morgan fingerprint density at radius 1 is 1.16 bits per heavy atom. The number of fused-ring (bicyclic) bond motifs is 2. The largest absolute Gasteiger partial charge is 0.439 e. The molecule has 1 aliphatic carbocycles. The molecule has 0 aromatic rings. The number of carbonyl (C=O) groups is 4. The maximum atomic E-state index is 13.7. The first kappa shape index (κ1) is 36.6. The number of amides is 2. The third-order valence-corrected chi connectivity index (χ3v) is 7.65. The van der Waals surface area contributed by atoms with E-state index < -0.39 is 53.9 Å². The van der Waals surface area contributed by atoms with Gasteiger partial charge in [-0.2, -0.15) is 0 Å². The van der Waals surface area contributed by atoms with Crippen molar-refractivity contribution in [1.29, 1.82) is 0 Å². The van der Waals surface area contributed by atoms with Crippen LogP contribution in [0.3, 0.4) is 0 Å². The number of hydrogen-bond acceptors (Lipinski definition) is 10. The lowest BCUT2D eigenvalue weighted by atomic mass is 9.85. The second kappa shape index (κ2) is 17.0. The van der Waals surface area contributed by atoms with E-state index in [2.05, 4.69) is 10.6 Å². The third kappa shape index (κ3) is 10.3. The Bertz CT molecular complexity index is 1230. The van der Waals surface area contributed by atoms with Crippen LogP contribution in [-0.2, 0) is 28.6 Å². The van der Waals surface area contributed by atoms with E-state index in [1.165, 1.54) is 20.3 Å². The van der Waals surface area contributed by atoms with Crippen molar-refractivity contribution in [3.63, 3.8) is 0 Å². The average molecular weight is 617 g/mol. The van der Waals surface area contributed by atoms with Crippen molar-refractivity contribution in [2.75, 3.05) is 41.4 Å². The fourth-order valence-corrected chi connectivity index (χ4v) is 5.18. The minimum Gasteiger partial charge on any atom is -0.439 e. The second-order valence-electron chi connectivity index (χ2n) is 11.7. The summed E-state index contributed by atoms with van der Waals surface area (Å²) in [5.41, 5.74) is 6.55. The monoisotopic (exact) mass is 616 g/mol. The van der Waals surface area contributed by atoms with Crippen molar-refractivity contribution in [3.8, 4) is 0 Å². The molecular weight excluding hydrogens is 568 g/mol. The number of allylic oxidation sites excluding steroid dienone is 4. The van der Waals surface area contributed by atoms with Gasteiger partial charge in [-0.05, 0) is 52.3 Å². The number of nitrogens with zero attached hydrogens (tertiary/aromatic N) is 1. The lowest BCUT2D eigenvalue weighted by Crippen LogP contribution is -2.38. The molecule has 244 valence electrons. The first-order chi connectivity index (χ1) is 20.7. The zero-order valence-corrected chi connectivity index (χ0v) is 27.0. The summed E-state index contributed by atoms with van der Waals surface area (Å²) in [6.07, 6.45) is 3.88. The molecule has 2 aliphatic rings. The van der Waals surface area contributed by atoms with Crippen molar-refractivity contribution in [3.05, 3.63) is 58.5 Å². The predicted octanol–water partition coefficient (Wildman–Crippen LogP) is 1.91. The number of ketones is 2. The second-order valence-corrected chi connectivity index (χ2v) is 11.7. The highest BCUT2D eigenvalue weighted by molar-refractivity contribution is 6.23. The Hall–Kier alpha value is -3.58. The molecule has 2 bridgehead atoms. The van der Waals surface area contributed by atoms with Crippen LogP contribution in [0.2, 0.25) is 0 Å².